The second kappa shape index (κ2) is 7.09. The minimum absolute atomic E-state index is 0.148. The van der Waals surface area contributed by atoms with Gasteiger partial charge >= 0.3 is 0 Å². The van der Waals surface area contributed by atoms with E-state index in [-0.39, 0.29) is 11.6 Å². The summed E-state index contributed by atoms with van der Waals surface area (Å²) in [6.07, 6.45) is 0.220. The summed E-state index contributed by atoms with van der Waals surface area (Å²) in [5.74, 6) is 0.935. The molecule has 0 aromatic heterocycles. The van der Waals surface area contributed by atoms with Crippen molar-refractivity contribution in [2.45, 2.75) is 52.3 Å². The minimum atomic E-state index is 0.148. The van der Waals surface area contributed by atoms with E-state index in [0.717, 1.165) is 12.3 Å². The molecular weight excluding hydrogens is 248 g/mol. The third-order valence-corrected chi connectivity index (χ3v) is 3.80. The standard InChI is InChI=1S/C17H30N2O/c1-13(2)20-16-10-8-15(9-11-16)14(3)18-12-17(4,5)19(6)7/h8-11,13-14,18H,12H2,1-7H3. The van der Waals surface area contributed by atoms with Gasteiger partial charge in [-0.05, 0) is 66.4 Å². The lowest BCUT2D eigenvalue weighted by Gasteiger charge is -2.34. The van der Waals surface area contributed by atoms with Gasteiger partial charge in [-0.2, -0.15) is 0 Å². The lowest BCUT2D eigenvalue weighted by molar-refractivity contribution is 0.185. The molecule has 1 N–H and O–H groups in total. The van der Waals surface area contributed by atoms with Crippen LogP contribution in [-0.4, -0.2) is 37.2 Å². The Morgan fingerprint density at radius 3 is 2.10 bits per heavy atom. The van der Waals surface area contributed by atoms with Gasteiger partial charge < -0.3 is 15.0 Å². The predicted molar refractivity (Wildman–Crippen MR) is 86.4 cm³/mol. The summed E-state index contributed by atoms with van der Waals surface area (Å²) in [6.45, 7) is 11.7. The first-order valence-electron chi connectivity index (χ1n) is 7.40. The number of hydrogen-bond donors (Lipinski definition) is 1. The molecule has 0 spiro atoms. The molecule has 0 aliphatic carbocycles. The Kier molecular flexibility index (Phi) is 6.03. The summed E-state index contributed by atoms with van der Waals surface area (Å²) < 4.78 is 5.67. The molecule has 3 nitrogen and oxygen atoms in total. The van der Waals surface area contributed by atoms with Crippen LogP contribution >= 0.6 is 0 Å². The molecule has 0 amide bonds. The lowest BCUT2D eigenvalue weighted by atomic mass is 10.0. The highest BCUT2D eigenvalue weighted by atomic mass is 16.5. The molecule has 3 heteroatoms. The predicted octanol–water partition coefficient (Wildman–Crippen LogP) is 3.46. The molecule has 0 saturated carbocycles. The summed E-state index contributed by atoms with van der Waals surface area (Å²) in [7, 11) is 4.23. The van der Waals surface area contributed by atoms with E-state index in [2.05, 4.69) is 57.2 Å². The highest BCUT2D eigenvalue weighted by Gasteiger charge is 2.21. The fourth-order valence-corrected chi connectivity index (χ4v) is 1.79. The van der Waals surface area contributed by atoms with Gasteiger partial charge in [0.05, 0.1) is 6.10 Å². The van der Waals surface area contributed by atoms with E-state index < -0.39 is 0 Å². The zero-order valence-corrected chi connectivity index (χ0v) is 14.0. The normalized spacial score (nSPS) is 13.8. The summed E-state index contributed by atoms with van der Waals surface area (Å²) in [5, 5.41) is 3.60. The van der Waals surface area contributed by atoms with Crippen molar-refractivity contribution in [2.75, 3.05) is 20.6 Å². The van der Waals surface area contributed by atoms with E-state index in [4.69, 9.17) is 4.74 Å². The Balaban J connectivity index is 2.57. The molecule has 1 unspecified atom stereocenters. The summed E-state index contributed by atoms with van der Waals surface area (Å²) in [5.41, 5.74) is 1.44. The average Bonchev–Trinajstić information content (AvgIpc) is 2.36. The van der Waals surface area contributed by atoms with Crippen molar-refractivity contribution < 1.29 is 4.74 Å². The third-order valence-electron chi connectivity index (χ3n) is 3.80. The van der Waals surface area contributed by atoms with Gasteiger partial charge in [0.15, 0.2) is 0 Å². The molecule has 0 bridgehead atoms. The Morgan fingerprint density at radius 1 is 1.10 bits per heavy atom. The smallest absolute Gasteiger partial charge is 0.119 e. The highest BCUT2D eigenvalue weighted by Crippen LogP contribution is 2.19. The Hall–Kier alpha value is -1.06. The highest BCUT2D eigenvalue weighted by molar-refractivity contribution is 5.29. The number of nitrogens with zero attached hydrogens (tertiary/aromatic N) is 1. The topological polar surface area (TPSA) is 24.5 Å². The second-order valence-electron chi connectivity index (χ2n) is 6.55. The van der Waals surface area contributed by atoms with Crippen molar-refractivity contribution in [1.29, 1.82) is 0 Å². The molecule has 0 aliphatic heterocycles. The molecule has 0 heterocycles. The Morgan fingerprint density at radius 2 is 1.65 bits per heavy atom. The van der Waals surface area contributed by atoms with Gasteiger partial charge in [0.1, 0.15) is 5.75 Å². The number of benzene rings is 1. The van der Waals surface area contributed by atoms with Crippen LogP contribution in [0, 0.1) is 0 Å². The van der Waals surface area contributed by atoms with Crippen LogP contribution in [0.1, 0.15) is 46.2 Å². The van der Waals surface area contributed by atoms with Gasteiger partial charge in [-0.25, -0.2) is 0 Å². The molecule has 1 rings (SSSR count). The summed E-state index contributed by atoms with van der Waals surface area (Å²) in [4.78, 5) is 2.24. The summed E-state index contributed by atoms with van der Waals surface area (Å²) >= 11 is 0. The average molecular weight is 278 g/mol. The Bertz CT molecular complexity index is 396. The van der Waals surface area contributed by atoms with E-state index >= 15 is 0 Å². The van der Waals surface area contributed by atoms with E-state index in [1.165, 1.54) is 5.56 Å². The molecule has 1 aromatic carbocycles. The van der Waals surface area contributed by atoms with E-state index in [0.29, 0.717) is 6.04 Å². The fraction of sp³-hybridized carbons (Fsp3) is 0.647. The first kappa shape index (κ1) is 17.0. The van der Waals surface area contributed by atoms with Crippen molar-refractivity contribution >= 4 is 0 Å². The van der Waals surface area contributed by atoms with Gasteiger partial charge in [0, 0.05) is 18.1 Å². The van der Waals surface area contributed by atoms with E-state index in [1.807, 2.05) is 26.0 Å². The van der Waals surface area contributed by atoms with Crippen LogP contribution < -0.4 is 10.1 Å². The minimum Gasteiger partial charge on any atom is -0.491 e. The molecular formula is C17H30N2O. The van der Waals surface area contributed by atoms with Crippen LogP contribution in [0.15, 0.2) is 24.3 Å². The van der Waals surface area contributed by atoms with Gasteiger partial charge in [-0.15, -0.1) is 0 Å². The quantitative estimate of drug-likeness (QED) is 0.826. The molecule has 1 atom stereocenters. The largest absolute Gasteiger partial charge is 0.491 e. The number of hydrogen-bond acceptors (Lipinski definition) is 3. The van der Waals surface area contributed by atoms with Crippen LogP contribution in [0.5, 0.6) is 5.75 Å². The molecule has 0 saturated heterocycles. The zero-order chi connectivity index (χ0) is 15.3. The number of likely N-dealkylation sites (N-methyl/N-ethyl adjacent to an activating group) is 1. The van der Waals surface area contributed by atoms with Crippen LogP contribution in [0.3, 0.4) is 0 Å². The van der Waals surface area contributed by atoms with Crippen molar-refractivity contribution in [3.05, 3.63) is 29.8 Å². The fourth-order valence-electron chi connectivity index (χ4n) is 1.79. The third kappa shape index (κ3) is 5.14. The number of ether oxygens (including phenoxy) is 1. The van der Waals surface area contributed by atoms with E-state index in [9.17, 15) is 0 Å². The number of nitrogens with one attached hydrogen (secondary N) is 1. The van der Waals surface area contributed by atoms with Crippen molar-refractivity contribution in [3.8, 4) is 5.75 Å². The SMILES string of the molecule is CC(C)Oc1ccc(C(C)NCC(C)(C)N(C)C)cc1. The first-order valence-corrected chi connectivity index (χ1v) is 7.40. The zero-order valence-electron chi connectivity index (χ0n) is 14.0. The van der Waals surface area contributed by atoms with Gasteiger partial charge in [-0.1, -0.05) is 12.1 Å². The van der Waals surface area contributed by atoms with Crippen molar-refractivity contribution in [1.82, 2.24) is 10.2 Å². The van der Waals surface area contributed by atoms with Crippen LogP contribution in [0.4, 0.5) is 0 Å². The second-order valence-corrected chi connectivity index (χ2v) is 6.55. The molecule has 114 valence electrons. The Labute approximate surface area is 124 Å². The lowest BCUT2D eigenvalue weighted by Crippen LogP contribution is -2.47. The van der Waals surface area contributed by atoms with Crippen LogP contribution in [-0.2, 0) is 0 Å². The maximum absolute atomic E-state index is 5.67. The van der Waals surface area contributed by atoms with Crippen LogP contribution in [0.25, 0.3) is 0 Å². The van der Waals surface area contributed by atoms with E-state index in [1.54, 1.807) is 0 Å². The van der Waals surface area contributed by atoms with Crippen molar-refractivity contribution in [3.63, 3.8) is 0 Å². The van der Waals surface area contributed by atoms with Gasteiger partial charge in [-0.3, -0.25) is 0 Å². The molecule has 0 radical (unpaired) electrons. The van der Waals surface area contributed by atoms with Crippen molar-refractivity contribution in [2.24, 2.45) is 0 Å². The van der Waals surface area contributed by atoms with Gasteiger partial charge in [0.25, 0.3) is 0 Å². The molecule has 20 heavy (non-hydrogen) atoms. The molecule has 1 aromatic rings. The summed E-state index contributed by atoms with van der Waals surface area (Å²) in [6, 6.07) is 8.70. The maximum atomic E-state index is 5.67. The first-order chi connectivity index (χ1) is 9.22. The monoisotopic (exact) mass is 278 g/mol. The molecule has 0 fully saturated rings. The number of rotatable bonds is 7. The molecule has 0 aliphatic rings. The van der Waals surface area contributed by atoms with Gasteiger partial charge in [0.2, 0.25) is 0 Å². The van der Waals surface area contributed by atoms with Crippen LogP contribution in [0.2, 0.25) is 0 Å². The maximum Gasteiger partial charge on any atom is 0.119 e.